The molecule has 5 aromatic carbocycles. The maximum Gasteiger partial charge on any atom is 0.138 e. The van der Waals surface area contributed by atoms with Crippen LogP contribution in [0.1, 0.15) is 18.9 Å². The van der Waals surface area contributed by atoms with Crippen molar-refractivity contribution in [3.8, 4) is 28.2 Å². The van der Waals surface area contributed by atoms with Crippen molar-refractivity contribution in [1.82, 2.24) is 14.5 Å². The third-order valence-corrected chi connectivity index (χ3v) is 9.42. The molecule has 3 nitrogen and oxygen atoms in total. The van der Waals surface area contributed by atoms with Crippen LogP contribution in [0.25, 0.3) is 77.1 Å². The third kappa shape index (κ3) is 4.20. The van der Waals surface area contributed by atoms with Crippen molar-refractivity contribution in [3.05, 3.63) is 158 Å². The van der Waals surface area contributed by atoms with Gasteiger partial charge < -0.3 is 0 Å². The van der Waals surface area contributed by atoms with Crippen LogP contribution in [0.15, 0.2) is 152 Å². The van der Waals surface area contributed by atoms with Crippen molar-refractivity contribution in [1.29, 1.82) is 0 Å². The zero-order valence-electron chi connectivity index (χ0n) is 25.6. The summed E-state index contributed by atoms with van der Waals surface area (Å²) in [4.78, 5) is 9.73. The lowest BCUT2D eigenvalue weighted by molar-refractivity contribution is 0.750. The van der Waals surface area contributed by atoms with E-state index < -0.39 is 0 Å². The lowest BCUT2D eigenvalue weighted by Gasteiger charge is -2.22. The SMILES string of the molecule is CC1C=CC=C(c2c3ccccc3c(-c3ccccc3)c3ccc(-c4cccc(-n5c6ccccc6c6cnccc65)n4)cc23)C1. The summed E-state index contributed by atoms with van der Waals surface area (Å²) in [6.07, 6.45) is 11.7. The lowest BCUT2D eigenvalue weighted by atomic mass is 9.82. The minimum atomic E-state index is 0.491. The first kappa shape index (κ1) is 26.6. The van der Waals surface area contributed by atoms with Crippen LogP contribution in [0.3, 0.4) is 0 Å². The fourth-order valence-corrected chi connectivity index (χ4v) is 7.40. The van der Waals surface area contributed by atoms with E-state index >= 15 is 0 Å². The van der Waals surface area contributed by atoms with Crippen molar-refractivity contribution in [2.75, 3.05) is 0 Å². The molecule has 0 saturated heterocycles. The molecular formula is C43H31N3. The van der Waals surface area contributed by atoms with Crippen LogP contribution in [0, 0.1) is 5.92 Å². The molecule has 9 rings (SSSR count). The van der Waals surface area contributed by atoms with E-state index in [2.05, 4.69) is 156 Å². The first-order valence-electron chi connectivity index (χ1n) is 16.0. The van der Waals surface area contributed by atoms with Gasteiger partial charge in [0.25, 0.3) is 0 Å². The Balaban J connectivity index is 1.31. The first-order valence-corrected chi connectivity index (χ1v) is 16.0. The maximum atomic E-state index is 5.31. The summed E-state index contributed by atoms with van der Waals surface area (Å²) < 4.78 is 2.25. The number of para-hydroxylation sites is 1. The number of fused-ring (bicyclic) bond motifs is 5. The summed E-state index contributed by atoms with van der Waals surface area (Å²) in [6, 6.07) is 43.6. The summed E-state index contributed by atoms with van der Waals surface area (Å²) in [5.41, 5.74) is 9.51. The van der Waals surface area contributed by atoms with E-state index in [-0.39, 0.29) is 0 Å². The van der Waals surface area contributed by atoms with E-state index in [4.69, 9.17) is 4.98 Å². The van der Waals surface area contributed by atoms with Crippen LogP contribution < -0.4 is 0 Å². The molecule has 1 aliphatic rings. The second kappa shape index (κ2) is 10.7. The highest BCUT2D eigenvalue weighted by Crippen LogP contribution is 2.45. The topological polar surface area (TPSA) is 30.7 Å². The highest BCUT2D eigenvalue weighted by molar-refractivity contribution is 6.19. The van der Waals surface area contributed by atoms with Crippen molar-refractivity contribution in [2.45, 2.75) is 13.3 Å². The molecule has 0 aliphatic heterocycles. The van der Waals surface area contributed by atoms with Gasteiger partial charge >= 0.3 is 0 Å². The van der Waals surface area contributed by atoms with Crippen molar-refractivity contribution in [3.63, 3.8) is 0 Å². The molecule has 0 fully saturated rings. The van der Waals surface area contributed by atoms with E-state index in [0.29, 0.717) is 5.92 Å². The predicted octanol–water partition coefficient (Wildman–Crippen LogP) is 11.2. The van der Waals surface area contributed by atoms with Crippen LogP contribution in [0.2, 0.25) is 0 Å². The van der Waals surface area contributed by atoms with E-state index in [1.807, 2.05) is 12.4 Å². The van der Waals surface area contributed by atoms with Gasteiger partial charge in [-0.3, -0.25) is 9.55 Å². The molecule has 0 radical (unpaired) electrons. The minimum absolute atomic E-state index is 0.491. The average Bonchev–Trinajstić information content (AvgIpc) is 3.45. The fraction of sp³-hybridized carbons (Fsp3) is 0.0698. The second-order valence-electron chi connectivity index (χ2n) is 12.3. The lowest BCUT2D eigenvalue weighted by Crippen LogP contribution is -2.01. The zero-order valence-corrected chi connectivity index (χ0v) is 25.6. The third-order valence-electron chi connectivity index (χ3n) is 9.42. The summed E-state index contributed by atoms with van der Waals surface area (Å²) in [5.74, 6) is 1.39. The van der Waals surface area contributed by atoms with Crippen LogP contribution in [-0.4, -0.2) is 14.5 Å². The number of nitrogens with zero attached hydrogens (tertiary/aromatic N) is 3. The smallest absolute Gasteiger partial charge is 0.138 e. The standard InChI is InChI=1S/C43H31N3/c1-28-11-9-14-31(25-28)43-34-17-6-5-16-33(34)42(29-12-3-2-4-13-29)35-22-21-30(26-36(35)43)38-18-10-20-41(45-38)46-39-19-8-7-15-32(39)37-27-44-24-23-40(37)46/h2-24,26-28H,25H2,1H3. The number of benzene rings is 5. The van der Waals surface area contributed by atoms with E-state index in [1.165, 1.54) is 49.2 Å². The van der Waals surface area contributed by atoms with Gasteiger partial charge in [-0.2, -0.15) is 0 Å². The molecule has 3 heterocycles. The molecule has 3 heteroatoms. The molecule has 0 saturated carbocycles. The number of hydrogen-bond donors (Lipinski definition) is 0. The van der Waals surface area contributed by atoms with Gasteiger partial charge in [0.05, 0.1) is 16.7 Å². The highest BCUT2D eigenvalue weighted by atomic mass is 15.1. The van der Waals surface area contributed by atoms with Crippen molar-refractivity contribution in [2.24, 2.45) is 5.92 Å². The molecule has 8 aromatic rings. The molecule has 0 spiro atoms. The molecule has 1 atom stereocenters. The van der Waals surface area contributed by atoms with E-state index in [0.717, 1.165) is 39.9 Å². The van der Waals surface area contributed by atoms with Gasteiger partial charge in [-0.15, -0.1) is 0 Å². The number of pyridine rings is 2. The first-order chi connectivity index (χ1) is 22.7. The summed E-state index contributed by atoms with van der Waals surface area (Å²) >= 11 is 0. The number of hydrogen-bond acceptors (Lipinski definition) is 2. The zero-order chi connectivity index (χ0) is 30.6. The summed E-state index contributed by atoms with van der Waals surface area (Å²) in [5, 5.41) is 7.41. The molecule has 0 N–H and O–H groups in total. The number of aromatic nitrogens is 3. The quantitative estimate of drug-likeness (QED) is 0.191. The van der Waals surface area contributed by atoms with Gasteiger partial charge in [-0.25, -0.2) is 4.98 Å². The Morgan fingerprint density at radius 1 is 0.609 bits per heavy atom. The molecule has 3 aromatic heterocycles. The normalized spacial score (nSPS) is 14.8. The Labute approximate surface area is 267 Å². The Bertz CT molecular complexity index is 2460. The van der Waals surface area contributed by atoms with Gasteiger partial charge in [0.2, 0.25) is 0 Å². The Morgan fingerprint density at radius 2 is 1.35 bits per heavy atom. The van der Waals surface area contributed by atoms with Crippen molar-refractivity contribution >= 4 is 48.9 Å². The Kier molecular flexibility index (Phi) is 6.17. The molecule has 1 unspecified atom stereocenters. The molecule has 1 aliphatic carbocycles. The average molecular weight is 590 g/mol. The second-order valence-corrected chi connectivity index (χ2v) is 12.3. The van der Waals surface area contributed by atoms with Crippen molar-refractivity contribution < 1.29 is 0 Å². The van der Waals surface area contributed by atoms with E-state index in [1.54, 1.807) is 0 Å². The molecule has 0 bridgehead atoms. The molecular weight excluding hydrogens is 558 g/mol. The summed E-state index contributed by atoms with van der Waals surface area (Å²) in [6.45, 7) is 2.30. The van der Waals surface area contributed by atoms with Crippen LogP contribution in [0.5, 0.6) is 0 Å². The molecule has 0 amide bonds. The molecule has 218 valence electrons. The van der Waals surface area contributed by atoms with Gasteiger partial charge in [0.1, 0.15) is 5.82 Å². The van der Waals surface area contributed by atoms with E-state index in [9.17, 15) is 0 Å². The highest BCUT2D eigenvalue weighted by Gasteiger charge is 2.20. The largest absolute Gasteiger partial charge is 0.294 e. The van der Waals surface area contributed by atoms with Crippen LogP contribution in [0.4, 0.5) is 0 Å². The molecule has 46 heavy (non-hydrogen) atoms. The fourth-order valence-electron chi connectivity index (χ4n) is 7.40. The van der Waals surface area contributed by atoms with Crippen LogP contribution >= 0.6 is 0 Å². The minimum Gasteiger partial charge on any atom is -0.294 e. The van der Waals surface area contributed by atoms with Crippen LogP contribution in [-0.2, 0) is 0 Å². The van der Waals surface area contributed by atoms with Gasteiger partial charge in [0.15, 0.2) is 0 Å². The maximum absolute atomic E-state index is 5.31. The summed E-state index contributed by atoms with van der Waals surface area (Å²) in [7, 11) is 0. The predicted molar refractivity (Wildman–Crippen MR) is 193 cm³/mol. The number of allylic oxidation sites excluding steroid dienone is 4. The van der Waals surface area contributed by atoms with Gasteiger partial charge in [-0.1, -0.05) is 116 Å². The number of rotatable bonds is 4. The Morgan fingerprint density at radius 3 is 2.20 bits per heavy atom. The van der Waals surface area contributed by atoms with Gasteiger partial charge in [-0.05, 0) is 86.5 Å². The monoisotopic (exact) mass is 589 g/mol. The van der Waals surface area contributed by atoms with Gasteiger partial charge in [0, 0.05) is 28.7 Å². The Hall–Kier alpha value is -5.80.